The van der Waals surface area contributed by atoms with E-state index in [1.54, 1.807) is 12.3 Å². The summed E-state index contributed by atoms with van der Waals surface area (Å²) in [6, 6.07) is 10.2. The highest BCUT2D eigenvalue weighted by molar-refractivity contribution is 5.67. The smallest absolute Gasteiger partial charge is 0.233 e. The van der Waals surface area contributed by atoms with Gasteiger partial charge in [-0.05, 0) is 31.5 Å². The van der Waals surface area contributed by atoms with Gasteiger partial charge in [-0.3, -0.25) is 0 Å². The highest BCUT2D eigenvalue weighted by atomic mass is 16.5. The monoisotopic (exact) mass is 284 g/mol. The zero-order valence-electron chi connectivity index (χ0n) is 12.2. The molecule has 0 saturated carbocycles. The van der Waals surface area contributed by atoms with Crippen LogP contribution in [0.15, 0.2) is 36.5 Å². The van der Waals surface area contributed by atoms with Crippen LogP contribution in [-0.2, 0) is 0 Å². The third-order valence-electron chi connectivity index (χ3n) is 3.74. The van der Waals surface area contributed by atoms with E-state index in [4.69, 9.17) is 10.5 Å². The van der Waals surface area contributed by atoms with Gasteiger partial charge in [0.25, 0.3) is 0 Å². The summed E-state index contributed by atoms with van der Waals surface area (Å²) in [5.74, 6) is 1.74. The quantitative estimate of drug-likeness (QED) is 0.913. The van der Waals surface area contributed by atoms with Crippen molar-refractivity contribution in [1.29, 1.82) is 0 Å². The molecule has 1 unspecified atom stereocenters. The van der Waals surface area contributed by atoms with E-state index in [1.807, 2.05) is 13.0 Å². The first-order valence-electron chi connectivity index (χ1n) is 7.36. The van der Waals surface area contributed by atoms with Gasteiger partial charge in [-0.15, -0.1) is 0 Å². The van der Waals surface area contributed by atoms with Gasteiger partial charge in [0.1, 0.15) is 0 Å². The predicted molar refractivity (Wildman–Crippen MR) is 83.1 cm³/mol. The first-order chi connectivity index (χ1) is 10.3. The fourth-order valence-corrected chi connectivity index (χ4v) is 2.82. The van der Waals surface area contributed by atoms with Crippen LogP contribution in [0.25, 0.3) is 0 Å². The van der Waals surface area contributed by atoms with Crippen LogP contribution in [0.4, 0.5) is 11.6 Å². The molecule has 1 aromatic carbocycles. The number of hydrogen-bond acceptors (Lipinski definition) is 5. The lowest BCUT2D eigenvalue weighted by Gasteiger charge is -2.18. The molecule has 1 aliphatic rings. The van der Waals surface area contributed by atoms with E-state index in [0.717, 1.165) is 13.0 Å². The number of hydrogen-bond donors (Lipinski definition) is 1. The maximum Gasteiger partial charge on any atom is 0.233 e. The fourth-order valence-electron chi connectivity index (χ4n) is 2.82. The molecule has 1 atom stereocenters. The van der Waals surface area contributed by atoms with E-state index in [1.165, 1.54) is 11.3 Å². The van der Waals surface area contributed by atoms with Crippen molar-refractivity contribution in [2.45, 2.75) is 19.3 Å². The van der Waals surface area contributed by atoms with E-state index >= 15 is 0 Å². The van der Waals surface area contributed by atoms with Crippen molar-refractivity contribution >= 4 is 11.6 Å². The van der Waals surface area contributed by atoms with Gasteiger partial charge in [-0.2, -0.15) is 4.98 Å². The van der Waals surface area contributed by atoms with E-state index < -0.39 is 0 Å². The largest absolute Gasteiger partial charge is 0.478 e. The van der Waals surface area contributed by atoms with Crippen LogP contribution in [0.2, 0.25) is 0 Å². The molecule has 1 aromatic heterocycles. The third-order valence-corrected chi connectivity index (χ3v) is 3.74. The number of fused-ring (bicyclic) bond motifs is 1. The van der Waals surface area contributed by atoms with E-state index in [0.29, 0.717) is 30.9 Å². The maximum atomic E-state index is 5.74. The Morgan fingerprint density at radius 2 is 2.19 bits per heavy atom. The molecule has 5 heteroatoms. The highest BCUT2D eigenvalue weighted by Gasteiger charge is 2.30. The summed E-state index contributed by atoms with van der Waals surface area (Å²) in [4.78, 5) is 11.1. The molecule has 0 amide bonds. The zero-order chi connectivity index (χ0) is 14.7. The fraction of sp³-hybridized carbons (Fsp3) is 0.375. The minimum absolute atomic E-state index is 0.436. The molecule has 0 aliphatic carbocycles. The molecule has 0 bridgehead atoms. The van der Waals surface area contributed by atoms with Gasteiger partial charge in [0.15, 0.2) is 0 Å². The number of ether oxygens (including phenoxy) is 1. The van der Waals surface area contributed by atoms with Crippen LogP contribution < -0.4 is 15.4 Å². The summed E-state index contributed by atoms with van der Waals surface area (Å²) < 4.78 is 5.47. The molecule has 5 nitrogen and oxygen atoms in total. The van der Waals surface area contributed by atoms with Crippen molar-refractivity contribution in [1.82, 2.24) is 9.97 Å². The molecule has 21 heavy (non-hydrogen) atoms. The average Bonchev–Trinajstić information content (AvgIpc) is 2.88. The van der Waals surface area contributed by atoms with Gasteiger partial charge in [0.05, 0.1) is 6.61 Å². The van der Waals surface area contributed by atoms with Crippen molar-refractivity contribution in [3.05, 3.63) is 42.1 Å². The standard InChI is InChI=1S/C16H20N4O/c1-2-21-15-8-10-18-16(19-15)20-11-12(7-9-17)13-5-3-4-6-14(13)20/h3-6,8,10,12H,2,7,9,11,17H2,1H3. The Morgan fingerprint density at radius 1 is 1.33 bits per heavy atom. The Hall–Kier alpha value is -2.14. The molecule has 3 rings (SSSR count). The van der Waals surface area contributed by atoms with Crippen LogP contribution in [0, 0.1) is 0 Å². The van der Waals surface area contributed by atoms with Crippen molar-refractivity contribution in [2.24, 2.45) is 5.73 Å². The number of para-hydroxylation sites is 1. The number of nitrogens with two attached hydrogens (primary N) is 1. The molecule has 0 saturated heterocycles. The van der Waals surface area contributed by atoms with Gasteiger partial charge >= 0.3 is 0 Å². The second-order valence-electron chi connectivity index (χ2n) is 5.07. The predicted octanol–water partition coefficient (Wildman–Crippen LogP) is 2.46. The molecule has 110 valence electrons. The average molecular weight is 284 g/mol. The summed E-state index contributed by atoms with van der Waals surface area (Å²) in [5, 5.41) is 0. The maximum absolute atomic E-state index is 5.74. The van der Waals surface area contributed by atoms with E-state index in [9.17, 15) is 0 Å². The first kappa shape index (κ1) is 13.8. The molecular weight excluding hydrogens is 264 g/mol. The van der Waals surface area contributed by atoms with E-state index in [-0.39, 0.29) is 0 Å². The highest BCUT2D eigenvalue weighted by Crippen LogP contribution is 2.40. The lowest BCUT2D eigenvalue weighted by atomic mass is 9.98. The lowest BCUT2D eigenvalue weighted by molar-refractivity contribution is 0.326. The van der Waals surface area contributed by atoms with Crippen molar-refractivity contribution in [2.75, 3.05) is 24.6 Å². The molecule has 2 aromatic rings. The Morgan fingerprint density at radius 3 is 3.00 bits per heavy atom. The van der Waals surface area contributed by atoms with Crippen LogP contribution in [0.5, 0.6) is 5.88 Å². The van der Waals surface area contributed by atoms with E-state index in [2.05, 4.69) is 33.1 Å². The van der Waals surface area contributed by atoms with Gasteiger partial charge in [0.2, 0.25) is 11.8 Å². The van der Waals surface area contributed by atoms with Crippen molar-refractivity contribution in [3.8, 4) is 5.88 Å². The summed E-state index contributed by atoms with van der Waals surface area (Å²) in [6.45, 7) is 4.10. The molecule has 0 fully saturated rings. The SMILES string of the molecule is CCOc1ccnc(N2CC(CCN)c3ccccc32)n1. The number of nitrogens with zero attached hydrogens (tertiary/aromatic N) is 3. The minimum Gasteiger partial charge on any atom is -0.478 e. The van der Waals surface area contributed by atoms with Crippen LogP contribution in [0.3, 0.4) is 0 Å². The number of aromatic nitrogens is 2. The van der Waals surface area contributed by atoms with Gasteiger partial charge < -0.3 is 15.4 Å². The number of benzene rings is 1. The van der Waals surface area contributed by atoms with Gasteiger partial charge in [0, 0.05) is 30.4 Å². The summed E-state index contributed by atoms with van der Waals surface area (Å²) >= 11 is 0. The summed E-state index contributed by atoms with van der Waals surface area (Å²) in [7, 11) is 0. The molecule has 2 N–H and O–H groups in total. The first-order valence-corrected chi connectivity index (χ1v) is 7.36. The molecule has 1 aliphatic heterocycles. The molecular formula is C16H20N4O. The van der Waals surface area contributed by atoms with Gasteiger partial charge in [-0.25, -0.2) is 4.98 Å². The lowest BCUT2D eigenvalue weighted by Crippen LogP contribution is -2.19. The van der Waals surface area contributed by atoms with Crippen LogP contribution in [0.1, 0.15) is 24.8 Å². The van der Waals surface area contributed by atoms with Crippen molar-refractivity contribution in [3.63, 3.8) is 0 Å². The van der Waals surface area contributed by atoms with Crippen molar-refractivity contribution < 1.29 is 4.74 Å². The van der Waals surface area contributed by atoms with Gasteiger partial charge in [-0.1, -0.05) is 18.2 Å². The Balaban J connectivity index is 1.94. The molecule has 0 spiro atoms. The zero-order valence-corrected chi connectivity index (χ0v) is 12.2. The number of anilines is 2. The second kappa shape index (κ2) is 6.10. The minimum atomic E-state index is 0.436. The Labute approximate surface area is 124 Å². The second-order valence-corrected chi connectivity index (χ2v) is 5.07. The van der Waals surface area contributed by atoms with Crippen LogP contribution in [-0.4, -0.2) is 29.7 Å². The molecule has 0 radical (unpaired) electrons. The summed E-state index contributed by atoms with van der Waals surface area (Å²) in [6.07, 6.45) is 2.71. The Kier molecular flexibility index (Phi) is 4.01. The molecule has 2 heterocycles. The number of rotatable bonds is 5. The summed E-state index contributed by atoms with van der Waals surface area (Å²) in [5.41, 5.74) is 8.24. The third kappa shape index (κ3) is 2.69. The van der Waals surface area contributed by atoms with Crippen LogP contribution >= 0.6 is 0 Å². The Bertz CT molecular complexity index is 617. The topological polar surface area (TPSA) is 64.3 Å². The normalized spacial score (nSPS) is 16.9.